The Balaban J connectivity index is 2.02. The largest absolute Gasteiger partial charge is 0.285 e. The van der Waals surface area contributed by atoms with E-state index in [0.717, 1.165) is 0 Å². The molecular formula is C17H16F3N3O3S. The van der Waals surface area contributed by atoms with Crippen molar-refractivity contribution < 1.29 is 26.4 Å². The van der Waals surface area contributed by atoms with Crippen LogP contribution in [0.25, 0.3) is 5.69 Å². The van der Waals surface area contributed by atoms with Gasteiger partial charge in [0.15, 0.2) is 5.69 Å². The summed E-state index contributed by atoms with van der Waals surface area (Å²) in [5.74, 6) is -4.90. The highest BCUT2D eigenvalue weighted by Crippen LogP contribution is 2.44. The van der Waals surface area contributed by atoms with Crippen molar-refractivity contribution in [1.82, 2.24) is 14.5 Å². The molecule has 3 rings (SSSR count). The summed E-state index contributed by atoms with van der Waals surface area (Å²) in [6.45, 7) is 3.09. The maximum atomic E-state index is 13.7. The van der Waals surface area contributed by atoms with E-state index >= 15 is 0 Å². The Hall–Kier alpha value is -2.62. The molecule has 1 fully saturated rings. The fraction of sp³-hybridized carbons (Fsp3) is 0.294. The van der Waals surface area contributed by atoms with Crippen molar-refractivity contribution in [2.24, 2.45) is 0 Å². The first kappa shape index (κ1) is 19.2. The van der Waals surface area contributed by atoms with Crippen LogP contribution in [0.5, 0.6) is 0 Å². The third kappa shape index (κ3) is 4.21. The molecule has 1 heterocycles. The average molecular weight is 399 g/mol. The summed E-state index contributed by atoms with van der Waals surface area (Å²) < 4.78 is 66.5. The van der Waals surface area contributed by atoms with E-state index < -0.39 is 40.0 Å². The van der Waals surface area contributed by atoms with Crippen LogP contribution in [-0.4, -0.2) is 30.0 Å². The van der Waals surface area contributed by atoms with Crippen LogP contribution in [0.1, 0.15) is 41.4 Å². The van der Waals surface area contributed by atoms with Crippen molar-refractivity contribution in [3.8, 4) is 5.69 Å². The normalized spacial score (nSPS) is 19.0. The van der Waals surface area contributed by atoms with Crippen LogP contribution >= 0.6 is 0 Å². The molecule has 0 spiro atoms. The van der Waals surface area contributed by atoms with Crippen LogP contribution in [0, 0.1) is 5.82 Å². The minimum absolute atomic E-state index is 0.186. The molecule has 1 aromatic heterocycles. The number of carbonyl (C=O) groups is 1. The first-order valence-corrected chi connectivity index (χ1v) is 9.58. The molecule has 1 amide bonds. The van der Waals surface area contributed by atoms with Crippen LogP contribution in [-0.2, 0) is 10.0 Å². The smallest absolute Gasteiger partial charge is 0.266 e. The second-order valence-electron chi connectivity index (χ2n) is 6.28. The molecule has 1 N–H and O–H groups in total. The number of amides is 1. The zero-order valence-corrected chi connectivity index (χ0v) is 14.8. The van der Waals surface area contributed by atoms with Crippen LogP contribution in [0.4, 0.5) is 13.2 Å². The molecule has 0 bridgehead atoms. The lowest BCUT2D eigenvalue weighted by molar-refractivity contribution is 0.00760. The van der Waals surface area contributed by atoms with E-state index in [9.17, 15) is 26.4 Å². The Kier molecular flexibility index (Phi) is 4.85. The maximum absolute atomic E-state index is 13.7. The number of carbonyl (C=O) groups excluding carboxylic acids is 1. The number of sulfonamides is 1. The number of hydrogen-bond donors (Lipinski definition) is 1. The lowest BCUT2D eigenvalue weighted by Crippen LogP contribution is -2.29. The molecule has 0 radical (unpaired) electrons. The summed E-state index contributed by atoms with van der Waals surface area (Å²) in [4.78, 5) is 12.2. The van der Waals surface area contributed by atoms with Crippen molar-refractivity contribution in [3.05, 3.63) is 59.5 Å². The lowest BCUT2D eigenvalue weighted by atomic mass is 10.0. The van der Waals surface area contributed by atoms with E-state index in [4.69, 9.17) is 0 Å². The van der Waals surface area contributed by atoms with Gasteiger partial charge in [-0.05, 0) is 36.8 Å². The van der Waals surface area contributed by atoms with Crippen LogP contribution in [0.3, 0.4) is 0 Å². The van der Waals surface area contributed by atoms with E-state index in [1.165, 1.54) is 35.0 Å². The first-order chi connectivity index (χ1) is 12.6. The zero-order chi connectivity index (χ0) is 19.8. The van der Waals surface area contributed by atoms with Gasteiger partial charge in [0.2, 0.25) is 5.92 Å². The Bertz CT molecular complexity index is 985. The van der Waals surface area contributed by atoms with Gasteiger partial charge in [0.05, 0.1) is 5.69 Å². The lowest BCUT2D eigenvalue weighted by Gasteiger charge is -2.13. The van der Waals surface area contributed by atoms with Crippen LogP contribution < -0.4 is 4.72 Å². The summed E-state index contributed by atoms with van der Waals surface area (Å²) in [6, 6.07) is 6.41. The molecule has 1 aliphatic carbocycles. The first-order valence-electron chi connectivity index (χ1n) is 8.03. The average Bonchev–Trinajstić information content (AvgIpc) is 3.18. The third-order valence-corrected chi connectivity index (χ3v) is 5.23. The molecule has 1 unspecified atom stereocenters. The predicted molar refractivity (Wildman–Crippen MR) is 91.6 cm³/mol. The van der Waals surface area contributed by atoms with Gasteiger partial charge in [0, 0.05) is 29.9 Å². The van der Waals surface area contributed by atoms with Gasteiger partial charge in [-0.25, -0.2) is 31.0 Å². The molecule has 6 nitrogen and oxygen atoms in total. The quantitative estimate of drug-likeness (QED) is 0.838. The summed E-state index contributed by atoms with van der Waals surface area (Å²) in [7, 11) is -4.03. The number of nitrogens with zero attached hydrogens (tertiary/aromatic N) is 2. The molecule has 0 saturated heterocycles. The highest BCUT2D eigenvalue weighted by molar-refractivity contribution is 7.92. The van der Waals surface area contributed by atoms with Crippen molar-refractivity contribution >= 4 is 15.9 Å². The van der Waals surface area contributed by atoms with Gasteiger partial charge in [-0.3, -0.25) is 4.79 Å². The minimum Gasteiger partial charge on any atom is -0.266 e. The number of nitrogens with one attached hydrogen (secondary N) is 1. The molecule has 1 aromatic carbocycles. The number of aromatic nitrogens is 2. The molecule has 0 aliphatic heterocycles. The minimum atomic E-state index is -4.03. The molecule has 27 heavy (non-hydrogen) atoms. The van der Waals surface area contributed by atoms with Gasteiger partial charge < -0.3 is 0 Å². The topological polar surface area (TPSA) is 81.1 Å². The van der Waals surface area contributed by atoms with Crippen molar-refractivity contribution in [1.29, 1.82) is 0 Å². The van der Waals surface area contributed by atoms with Gasteiger partial charge in [0.25, 0.3) is 15.9 Å². The van der Waals surface area contributed by atoms with Gasteiger partial charge in [0.1, 0.15) is 5.82 Å². The standard InChI is InChI=1S/C17H16F3N3O3S/c1-2-27(25,26)22-16(24)14-9-15(11-7-8-17(19,20)10-11)23(21-14)13-5-3-12(18)4-6-13/h2-6,9,11H,1,7-8,10H2,(H,22,24). The zero-order valence-electron chi connectivity index (χ0n) is 14.0. The molecule has 10 heteroatoms. The predicted octanol–water partition coefficient (Wildman–Crippen LogP) is 3.12. The Morgan fingerprint density at radius 2 is 2.00 bits per heavy atom. The van der Waals surface area contributed by atoms with E-state index in [2.05, 4.69) is 11.7 Å². The van der Waals surface area contributed by atoms with E-state index in [1.807, 2.05) is 0 Å². The van der Waals surface area contributed by atoms with E-state index in [0.29, 0.717) is 16.8 Å². The Morgan fingerprint density at radius 1 is 1.33 bits per heavy atom. The monoisotopic (exact) mass is 399 g/mol. The second kappa shape index (κ2) is 6.84. The number of rotatable bonds is 5. The van der Waals surface area contributed by atoms with Crippen molar-refractivity contribution in [3.63, 3.8) is 0 Å². The second-order valence-corrected chi connectivity index (χ2v) is 7.91. The van der Waals surface area contributed by atoms with E-state index in [1.54, 1.807) is 4.72 Å². The highest BCUT2D eigenvalue weighted by atomic mass is 32.2. The van der Waals surface area contributed by atoms with Gasteiger partial charge >= 0.3 is 0 Å². The van der Waals surface area contributed by atoms with Crippen molar-refractivity contribution in [2.75, 3.05) is 0 Å². The number of alkyl halides is 2. The maximum Gasteiger partial charge on any atom is 0.285 e. The number of hydrogen-bond acceptors (Lipinski definition) is 4. The molecular weight excluding hydrogens is 383 g/mol. The van der Waals surface area contributed by atoms with Crippen molar-refractivity contribution in [2.45, 2.75) is 31.1 Å². The fourth-order valence-electron chi connectivity index (χ4n) is 3.01. The molecule has 1 atom stereocenters. The molecule has 144 valence electrons. The summed E-state index contributed by atoms with van der Waals surface area (Å²) in [6.07, 6.45) is -0.517. The van der Waals surface area contributed by atoms with Gasteiger partial charge in [-0.15, -0.1) is 0 Å². The summed E-state index contributed by atoms with van der Waals surface area (Å²) >= 11 is 0. The Morgan fingerprint density at radius 3 is 2.56 bits per heavy atom. The summed E-state index contributed by atoms with van der Waals surface area (Å²) in [5, 5.41) is 4.63. The SMILES string of the molecule is C=CS(=O)(=O)NC(=O)c1cc(C2CCC(F)(F)C2)n(-c2ccc(F)cc2)n1. The molecule has 2 aromatic rings. The fourth-order valence-corrected chi connectivity index (χ4v) is 3.46. The highest BCUT2D eigenvalue weighted by Gasteiger charge is 2.41. The molecule has 1 aliphatic rings. The number of benzene rings is 1. The summed E-state index contributed by atoms with van der Waals surface area (Å²) in [5.41, 5.74) is 0.446. The van der Waals surface area contributed by atoms with E-state index in [-0.39, 0.29) is 18.5 Å². The molecule has 1 saturated carbocycles. The van der Waals surface area contributed by atoms with Gasteiger partial charge in [-0.2, -0.15) is 5.10 Å². The number of halogens is 3. The third-order valence-electron chi connectivity index (χ3n) is 4.32. The Labute approximate surface area is 153 Å². The van der Waals surface area contributed by atoms with Crippen LogP contribution in [0.2, 0.25) is 0 Å². The van der Waals surface area contributed by atoms with Crippen LogP contribution in [0.15, 0.2) is 42.3 Å². The van der Waals surface area contributed by atoms with Gasteiger partial charge in [-0.1, -0.05) is 6.58 Å².